The van der Waals surface area contributed by atoms with E-state index in [0.29, 0.717) is 11.3 Å². The molecule has 0 unspecified atom stereocenters. The van der Waals surface area contributed by atoms with Crippen LogP contribution >= 0.6 is 0 Å². The number of anilines is 1. The van der Waals surface area contributed by atoms with E-state index in [0.717, 1.165) is 12.0 Å². The van der Waals surface area contributed by atoms with Crippen LogP contribution in [0.25, 0.3) is 0 Å². The molecule has 11 nitrogen and oxygen atoms in total. The van der Waals surface area contributed by atoms with Crippen molar-refractivity contribution >= 4 is 35.3 Å². The van der Waals surface area contributed by atoms with E-state index in [2.05, 4.69) is 9.72 Å². The lowest BCUT2D eigenvalue weighted by Crippen LogP contribution is -2.63. The number of piperazine rings is 1. The molecule has 1 aromatic heterocycles. The highest BCUT2D eigenvalue weighted by atomic mass is 16.5. The lowest BCUT2D eigenvalue weighted by molar-refractivity contribution is -0.159. The summed E-state index contributed by atoms with van der Waals surface area (Å²) in [6.45, 7) is 0.952. The molecular formula is C24H26N4O7. The van der Waals surface area contributed by atoms with Crippen LogP contribution in [0.1, 0.15) is 23.7 Å². The molecule has 2 atom stereocenters. The van der Waals surface area contributed by atoms with E-state index in [-0.39, 0.29) is 13.1 Å². The summed E-state index contributed by atoms with van der Waals surface area (Å²) in [5.41, 5.74) is 0.785. The summed E-state index contributed by atoms with van der Waals surface area (Å²) in [5.74, 6) is -3.60. The molecule has 2 heterocycles. The number of nitrogens with zero attached hydrogens (tertiary/aromatic N) is 4. The molecule has 3 amide bonds. The van der Waals surface area contributed by atoms with E-state index >= 15 is 0 Å². The Balaban J connectivity index is 1.94. The topological polar surface area (TPSA) is 137 Å². The summed E-state index contributed by atoms with van der Waals surface area (Å²) in [4.78, 5) is 70.9. The van der Waals surface area contributed by atoms with Crippen molar-refractivity contribution in [2.45, 2.75) is 25.4 Å². The summed E-state index contributed by atoms with van der Waals surface area (Å²) in [6.07, 6.45) is 2.55. The van der Waals surface area contributed by atoms with Crippen molar-refractivity contribution in [1.29, 1.82) is 0 Å². The highest BCUT2D eigenvalue weighted by Crippen LogP contribution is 2.23. The number of esters is 1. The minimum absolute atomic E-state index is 0.00638. The number of aromatic nitrogens is 1. The van der Waals surface area contributed by atoms with Gasteiger partial charge in [0.1, 0.15) is 18.6 Å². The number of hydrogen-bond donors (Lipinski definition) is 1. The van der Waals surface area contributed by atoms with Crippen LogP contribution in [0.15, 0.2) is 54.9 Å². The second-order valence-electron chi connectivity index (χ2n) is 7.90. The SMILES string of the molecule is COC(=O)C[C@H]1C(=O)N(CC(=O)O)CCN1C(=O)[C@H](C)N(C(=O)c1ccccc1)c1ccncc1. The Hall–Kier alpha value is -4.28. The van der Waals surface area contributed by atoms with Gasteiger partial charge in [-0.3, -0.25) is 33.9 Å². The van der Waals surface area contributed by atoms with Gasteiger partial charge in [0, 0.05) is 36.7 Å². The summed E-state index contributed by atoms with van der Waals surface area (Å²) in [7, 11) is 1.16. The highest BCUT2D eigenvalue weighted by molar-refractivity contribution is 6.10. The molecule has 1 fully saturated rings. The number of benzene rings is 1. The van der Waals surface area contributed by atoms with Crippen LogP contribution in [0.4, 0.5) is 5.69 Å². The molecule has 0 aliphatic carbocycles. The molecule has 0 radical (unpaired) electrons. The fraction of sp³-hybridized carbons (Fsp3) is 0.333. The standard InChI is InChI=1S/C24H26N4O7/c1-16(28(18-8-10-25-11-9-18)23(33)17-6-4-3-5-7-17)22(32)27-13-12-26(15-20(29)30)24(34)19(27)14-21(31)35-2/h3-11,16,19H,12-15H2,1-2H3,(H,29,30)/t16-,19-/m0/s1. The Morgan fingerprint density at radius 2 is 1.77 bits per heavy atom. The van der Waals surface area contributed by atoms with Crippen LogP contribution < -0.4 is 4.90 Å². The molecule has 0 saturated carbocycles. The third-order valence-corrected chi connectivity index (χ3v) is 5.71. The number of carbonyl (C=O) groups is 5. The van der Waals surface area contributed by atoms with Gasteiger partial charge in [-0.05, 0) is 31.2 Å². The Labute approximate surface area is 201 Å². The fourth-order valence-corrected chi connectivity index (χ4v) is 3.95. The number of methoxy groups -OCH3 is 1. The van der Waals surface area contributed by atoms with Crippen LogP contribution in [0, 0.1) is 0 Å². The summed E-state index contributed by atoms with van der Waals surface area (Å²) < 4.78 is 4.68. The Morgan fingerprint density at radius 3 is 2.37 bits per heavy atom. The van der Waals surface area contributed by atoms with Gasteiger partial charge in [0.25, 0.3) is 5.91 Å². The molecule has 2 aromatic rings. The average molecular weight is 482 g/mol. The van der Waals surface area contributed by atoms with Gasteiger partial charge in [-0.15, -0.1) is 0 Å². The van der Waals surface area contributed by atoms with Crippen molar-refractivity contribution in [2.75, 3.05) is 31.6 Å². The van der Waals surface area contributed by atoms with Crippen molar-refractivity contribution in [2.24, 2.45) is 0 Å². The molecule has 3 rings (SSSR count). The summed E-state index contributed by atoms with van der Waals surface area (Å²) in [5, 5.41) is 9.11. The maximum atomic E-state index is 13.7. The molecule has 1 N–H and O–H groups in total. The zero-order valence-electron chi connectivity index (χ0n) is 19.4. The molecular weight excluding hydrogens is 456 g/mol. The summed E-state index contributed by atoms with van der Waals surface area (Å²) >= 11 is 0. The van der Waals surface area contributed by atoms with Crippen LogP contribution in [-0.2, 0) is 23.9 Å². The fourth-order valence-electron chi connectivity index (χ4n) is 3.95. The highest BCUT2D eigenvalue weighted by Gasteiger charge is 2.42. The van der Waals surface area contributed by atoms with E-state index in [1.54, 1.807) is 42.5 Å². The molecule has 1 aromatic carbocycles. The second kappa shape index (κ2) is 11.2. The first-order valence-electron chi connectivity index (χ1n) is 10.9. The number of hydrogen-bond acceptors (Lipinski definition) is 7. The normalized spacial score (nSPS) is 16.4. The average Bonchev–Trinajstić information content (AvgIpc) is 2.87. The van der Waals surface area contributed by atoms with E-state index in [1.807, 2.05) is 0 Å². The molecule has 184 valence electrons. The zero-order chi connectivity index (χ0) is 25.5. The number of carboxylic acids is 1. The quantitative estimate of drug-likeness (QED) is 0.546. The van der Waals surface area contributed by atoms with Gasteiger partial charge < -0.3 is 19.6 Å². The second-order valence-corrected chi connectivity index (χ2v) is 7.90. The number of aliphatic carboxylic acids is 1. The summed E-state index contributed by atoms with van der Waals surface area (Å²) in [6, 6.07) is 9.31. The predicted molar refractivity (Wildman–Crippen MR) is 123 cm³/mol. The zero-order valence-corrected chi connectivity index (χ0v) is 19.4. The monoisotopic (exact) mass is 482 g/mol. The maximum absolute atomic E-state index is 13.7. The van der Waals surface area contributed by atoms with Crippen molar-refractivity contribution in [3.63, 3.8) is 0 Å². The lowest BCUT2D eigenvalue weighted by atomic mass is 10.0. The number of rotatable bonds is 8. The van der Waals surface area contributed by atoms with Gasteiger partial charge in [0.15, 0.2) is 0 Å². The molecule has 0 spiro atoms. The van der Waals surface area contributed by atoms with Crippen molar-refractivity contribution in [1.82, 2.24) is 14.8 Å². The van der Waals surface area contributed by atoms with Crippen molar-refractivity contribution < 1.29 is 33.8 Å². The first-order valence-corrected chi connectivity index (χ1v) is 10.9. The van der Waals surface area contributed by atoms with Crippen LogP contribution in [0.2, 0.25) is 0 Å². The number of amides is 3. The molecule has 1 aliphatic rings. The predicted octanol–water partition coefficient (Wildman–Crippen LogP) is 0.804. The first-order chi connectivity index (χ1) is 16.7. The number of ether oxygens (including phenoxy) is 1. The van der Waals surface area contributed by atoms with E-state index in [1.165, 1.54) is 29.1 Å². The van der Waals surface area contributed by atoms with Gasteiger partial charge in [0.2, 0.25) is 11.8 Å². The smallest absolute Gasteiger partial charge is 0.323 e. The van der Waals surface area contributed by atoms with Crippen LogP contribution in [0.3, 0.4) is 0 Å². The van der Waals surface area contributed by atoms with Crippen LogP contribution in [0.5, 0.6) is 0 Å². The lowest BCUT2D eigenvalue weighted by Gasteiger charge is -2.42. The van der Waals surface area contributed by atoms with Gasteiger partial charge >= 0.3 is 11.9 Å². The van der Waals surface area contributed by atoms with Gasteiger partial charge in [-0.25, -0.2) is 0 Å². The van der Waals surface area contributed by atoms with Gasteiger partial charge in [-0.1, -0.05) is 18.2 Å². The largest absolute Gasteiger partial charge is 0.480 e. The van der Waals surface area contributed by atoms with Crippen LogP contribution in [-0.4, -0.2) is 88.4 Å². The molecule has 0 bridgehead atoms. The third kappa shape index (κ3) is 5.81. The third-order valence-electron chi connectivity index (χ3n) is 5.71. The van der Waals surface area contributed by atoms with Crippen molar-refractivity contribution in [3.05, 3.63) is 60.4 Å². The molecule has 11 heteroatoms. The molecule has 1 saturated heterocycles. The van der Waals surface area contributed by atoms with Gasteiger partial charge in [0.05, 0.1) is 13.5 Å². The van der Waals surface area contributed by atoms with Crippen molar-refractivity contribution in [3.8, 4) is 0 Å². The van der Waals surface area contributed by atoms with Gasteiger partial charge in [-0.2, -0.15) is 0 Å². The Bertz CT molecular complexity index is 1090. The first kappa shape index (κ1) is 25.3. The maximum Gasteiger partial charge on any atom is 0.323 e. The van der Waals surface area contributed by atoms with E-state index in [9.17, 15) is 24.0 Å². The molecule has 35 heavy (non-hydrogen) atoms. The number of carbonyl (C=O) groups excluding carboxylic acids is 4. The van der Waals surface area contributed by atoms with E-state index < -0.39 is 54.7 Å². The minimum Gasteiger partial charge on any atom is -0.480 e. The minimum atomic E-state index is -1.25. The Morgan fingerprint density at radius 1 is 1.11 bits per heavy atom. The molecule has 1 aliphatic heterocycles. The number of carboxylic acid groups (broad SMARTS) is 1. The Kier molecular flexibility index (Phi) is 8.13. The number of pyridine rings is 1. The van der Waals surface area contributed by atoms with E-state index in [4.69, 9.17) is 5.11 Å².